The summed E-state index contributed by atoms with van der Waals surface area (Å²) in [4.78, 5) is 12.8. The molecule has 6 atom stereocenters. The molecule has 0 spiro atoms. The molecule has 9 heteroatoms. The molecule has 58 heavy (non-hydrogen) atoms. The summed E-state index contributed by atoms with van der Waals surface area (Å²) >= 11 is 0. The predicted octanol–water partition coefficient (Wildman–Crippen LogP) is 10.5. The van der Waals surface area contributed by atoms with Gasteiger partial charge in [-0.15, -0.1) is 0 Å². The molecule has 334 valence electrons. The van der Waals surface area contributed by atoms with Gasteiger partial charge < -0.3 is 39.4 Å². The Bertz CT molecular complexity index is 1110. The zero-order valence-electron chi connectivity index (χ0n) is 36.5. The first-order valence-corrected chi connectivity index (χ1v) is 23.0. The maximum absolute atomic E-state index is 12.8. The van der Waals surface area contributed by atoms with Crippen molar-refractivity contribution in [1.82, 2.24) is 0 Å². The Labute approximate surface area is 353 Å². The molecule has 1 saturated heterocycles. The minimum atomic E-state index is -1.54. The SMILES string of the molecule is CC/C=C\C/C=C\C/C=C\C/C=C\CCCCCCCCCOCC(COC1OC(CO)C(O)C(O)C1O)OC(=O)CCCCCCC/C=C\C/C=C\CCCCC. The maximum Gasteiger partial charge on any atom is 0.306 e. The van der Waals surface area contributed by atoms with E-state index >= 15 is 0 Å². The normalized spacial score (nSPS) is 21.0. The fourth-order valence-electron chi connectivity index (χ4n) is 6.51. The Balaban J connectivity index is 2.27. The molecule has 4 N–H and O–H groups in total. The van der Waals surface area contributed by atoms with E-state index in [2.05, 4.69) is 86.8 Å². The van der Waals surface area contributed by atoms with Crippen LogP contribution in [-0.2, 0) is 23.7 Å². The third-order valence-electron chi connectivity index (χ3n) is 10.1. The smallest absolute Gasteiger partial charge is 0.306 e. The quantitative estimate of drug-likeness (QED) is 0.0273. The molecule has 1 aliphatic rings. The molecular formula is C49H84O9. The highest BCUT2D eigenvalue weighted by Crippen LogP contribution is 2.22. The van der Waals surface area contributed by atoms with E-state index in [9.17, 15) is 25.2 Å². The molecule has 9 nitrogen and oxygen atoms in total. The number of carbonyl (C=O) groups is 1. The van der Waals surface area contributed by atoms with Gasteiger partial charge in [-0.25, -0.2) is 0 Å². The van der Waals surface area contributed by atoms with Crippen molar-refractivity contribution < 1.29 is 44.2 Å². The minimum Gasteiger partial charge on any atom is -0.457 e. The van der Waals surface area contributed by atoms with Crippen LogP contribution in [0.3, 0.4) is 0 Å². The average molecular weight is 817 g/mol. The van der Waals surface area contributed by atoms with E-state index in [1.165, 1.54) is 51.4 Å². The first-order valence-electron chi connectivity index (χ1n) is 23.0. The van der Waals surface area contributed by atoms with E-state index < -0.39 is 43.4 Å². The van der Waals surface area contributed by atoms with Crippen LogP contribution in [0.4, 0.5) is 0 Å². The molecule has 0 aromatic heterocycles. The van der Waals surface area contributed by atoms with Gasteiger partial charge in [0.2, 0.25) is 0 Å². The van der Waals surface area contributed by atoms with Crippen LogP contribution in [-0.4, -0.2) is 89.6 Å². The van der Waals surface area contributed by atoms with Gasteiger partial charge in [0.1, 0.15) is 30.5 Å². The van der Waals surface area contributed by atoms with Crippen LogP contribution >= 0.6 is 0 Å². The van der Waals surface area contributed by atoms with Crippen LogP contribution in [0.1, 0.15) is 168 Å². The van der Waals surface area contributed by atoms with Gasteiger partial charge in [-0.05, 0) is 83.5 Å². The lowest BCUT2D eigenvalue weighted by Gasteiger charge is -2.39. The Hall–Kier alpha value is -2.37. The fraction of sp³-hybridized carbons (Fsp3) is 0.735. The Morgan fingerprint density at radius 3 is 1.59 bits per heavy atom. The summed E-state index contributed by atoms with van der Waals surface area (Å²) < 4.78 is 22.8. The second-order valence-corrected chi connectivity index (χ2v) is 15.5. The zero-order valence-corrected chi connectivity index (χ0v) is 36.5. The average Bonchev–Trinajstić information content (AvgIpc) is 3.22. The van der Waals surface area contributed by atoms with Crippen molar-refractivity contribution in [3.8, 4) is 0 Å². The summed E-state index contributed by atoms with van der Waals surface area (Å²) in [5.74, 6) is -0.335. The highest BCUT2D eigenvalue weighted by molar-refractivity contribution is 5.69. The lowest BCUT2D eigenvalue weighted by Crippen LogP contribution is -2.59. The van der Waals surface area contributed by atoms with Crippen molar-refractivity contribution in [1.29, 1.82) is 0 Å². The molecule has 1 aliphatic heterocycles. The van der Waals surface area contributed by atoms with E-state index in [1.54, 1.807) is 0 Å². The first-order chi connectivity index (χ1) is 28.4. The monoisotopic (exact) mass is 817 g/mol. The summed E-state index contributed by atoms with van der Waals surface area (Å²) in [6.45, 7) is 4.36. The number of aliphatic hydroxyl groups is 4. The van der Waals surface area contributed by atoms with Gasteiger partial charge >= 0.3 is 5.97 Å². The molecule has 0 aliphatic carbocycles. The highest BCUT2D eigenvalue weighted by Gasteiger charge is 2.44. The molecule has 0 bridgehead atoms. The number of hydrogen-bond donors (Lipinski definition) is 4. The van der Waals surface area contributed by atoms with E-state index in [-0.39, 0.29) is 19.2 Å². The molecule has 0 aromatic carbocycles. The van der Waals surface area contributed by atoms with Crippen molar-refractivity contribution >= 4 is 5.97 Å². The molecule has 6 unspecified atom stereocenters. The third kappa shape index (κ3) is 30.6. The lowest BCUT2D eigenvalue weighted by molar-refractivity contribution is -0.305. The van der Waals surface area contributed by atoms with Crippen LogP contribution < -0.4 is 0 Å². The van der Waals surface area contributed by atoms with Crippen molar-refractivity contribution in [2.24, 2.45) is 0 Å². The van der Waals surface area contributed by atoms with Gasteiger partial charge in [-0.3, -0.25) is 4.79 Å². The van der Waals surface area contributed by atoms with Crippen LogP contribution in [0.15, 0.2) is 72.9 Å². The summed E-state index contributed by atoms with van der Waals surface area (Å²) in [7, 11) is 0. The van der Waals surface area contributed by atoms with Gasteiger partial charge in [0.15, 0.2) is 6.29 Å². The number of aliphatic hydroxyl groups excluding tert-OH is 4. The van der Waals surface area contributed by atoms with Gasteiger partial charge in [-0.2, -0.15) is 0 Å². The fourth-order valence-corrected chi connectivity index (χ4v) is 6.51. The van der Waals surface area contributed by atoms with Gasteiger partial charge in [0.25, 0.3) is 0 Å². The van der Waals surface area contributed by atoms with Crippen LogP contribution in [0.5, 0.6) is 0 Å². The molecule has 0 aromatic rings. The number of carbonyl (C=O) groups excluding carboxylic acids is 1. The number of unbranched alkanes of at least 4 members (excludes halogenated alkanes) is 15. The van der Waals surface area contributed by atoms with Crippen molar-refractivity contribution in [2.75, 3.05) is 26.4 Å². The Morgan fingerprint density at radius 1 is 0.569 bits per heavy atom. The molecule has 1 rings (SSSR count). The molecular weight excluding hydrogens is 733 g/mol. The molecule has 1 heterocycles. The summed E-state index contributed by atoms with van der Waals surface area (Å²) in [6.07, 6.45) is 44.9. The Morgan fingerprint density at radius 2 is 1.05 bits per heavy atom. The Kier molecular flexibility index (Phi) is 37.1. The topological polar surface area (TPSA) is 135 Å². The largest absolute Gasteiger partial charge is 0.457 e. The molecule has 0 saturated carbocycles. The van der Waals surface area contributed by atoms with Gasteiger partial charge in [0.05, 0.1) is 19.8 Å². The van der Waals surface area contributed by atoms with Crippen LogP contribution in [0, 0.1) is 0 Å². The van der Waals surface area contributed by atoms with E-state index in [1.807, 2.05) is 0 Å². The number of hydrogen-bond acceptors (Lipinski definition) is 9. The number of allylic oxidation sites excluding steroid dienone is 12. The van der Waals surface area contributed by atoms with E-state index in [4.69, 9.17) is 18.9 Å². The highest BCUT2D eigenvalue weighted by atomic mass is 16.7. The van der Waals surface area contributed by atoms with E-state index in [0.29, 0.717) is 13.0 Å². The number of ether oxygens (including phenoxy) is 4. The first kappa shape index (κ1) is 53.6. The summed E-state index contributed by atoms with van der Waals surface area (Å²) in [5, 5.41) is 40.1. The molecule has 1 fully saturated rings. The third-order valence-corrected chi connectivity index (χ3v) is 10.1. The minimum absolute atomic E-state index is 0.127. The van der Waals surface area contributed by atoms with Crippen molar-refractivity contribution in [2.45, 2.75) is 205 Å². The number of esters is 1. The van der Waals surface area contributed by atoms with Gasteiger partial charge in [-0.1, -0.05) is 151 Å². The summed E-state index contributed by atoms with van der Waals surface area (Å²) in [6, 6.07) is 0. The predicted molar refractivity (Wildman–Crippen MR) is 237 cm³/mol. The lowest BCUT2D eigenvalue weighted by atomic mass is 9.99. The van der Waals surface area contributed by atoms with Crippen molar-refractivity contribution in [3.63, 3.8) is 0 Å². The van der Waals surface area contributed by atoms with Gasteiger partial charge in [0, 0.05) is 13.0 Å². The molecule has 0 amide bonds. The number of rotatable bonds is 38. The van der Waals surface area contributed by atoms with Crippen molar-refractivity contribution in [3.05, 3.63) is 72.9 Å². The molecule has 0 radical (unpaired) electrons. The standard InChI is InChI=1S/C49H84O9/c1-3-5-7-9-11-13-15-17-19-20-21-22-23-25-27-29-31-33-35-37-39-55-41-43(42-56-49-48(54)47(53)46(52)44(40-50)58-49)57-45(51)38-36-34-32-30-28-26-24-18-16-14-12-10-8-6-4-2/h5,7,11-14,17-19,21-22,24,43-44,46-50,52-54H,3-4,6,8-10,15-16,20,23,25-42H2,1-2H3/b7-5-,13-11-,14-12-,19-17-,22-21-,24-18-. The van der Waals surface area contributed by atoms with E-state index in [0.717, 1.165) is 96.3 Å². The maximum atomic E-state index is 12.8. The van der Waals surface area contributed by atoms with Crippen LogP contribution in [0.25, 0.3) is 0 Å². The second-order valence-electron chi connectivity index (χ2n) is 15.5. The zero-order chi connectivity index (χ0) is 42.2. The summed E-state index contributed by atoms with van der Waals surface area (Å²) in [5.41, 5.74) is 0. The van der Waals surface area contributed by atoms with Crippen LogP contribution in [0.2, 0.25) is 0 Å². The second kappa shape index (κ2) is 40.1.